The molecular formula is C84H154O49. The zero-order valence-electron chi connectivity index (χ0n) is 78.0. The molecule has 0 aromatic rings. The maximum absolute atomic E-state index is 13.2. The van der Waals surface area contributed by atoms with Crippen LogP contribution in [0.5, 0.6) is 0 Å². The van der Waals surface area contributed by atoms with Gasteiger partial charge in [-0.1, -0.05) is 0 Å². The van der Waals surface area contributed by atoms with E-state index >= 15 is 0 Å². The van der Waals surface area contributed by atoms with E-state index in [1.807, 2.05) is 0 Å². The molecule has 784 valence electrons. The SMILES string of the molecule is CC(O)COCC1OC2OC3C(COCC(C)O)OC(OC4C(COCC(C)O)OC(OC5C(COCC(C)O)OC(OC6C(COCC(C)O)OC(OC7C(COCC(C)O)OC(OC8C(COCC(C)O)OC(OC1C(O)C2OCC(C)O)C(OCC(C)O)C8O)C(OCC(C)O)C7O)C(OCC(C)O)C6O)C(OCC(C)O)C5O)C(OCC(C)O)C4O)C(OCC(C)O)C3O. The van der Waals surface area contributed by atoms with Crippen molar-refractivity contribution >= 4 is 0 Å². The van der Waals surface area contributed by atoms with Crippen LogP contribution in [0.25, 0.3) is 0 Å². The summed E-state index contributed by atoms with van der Waals surface area (Å²) in [5.41, 5.74) is 0. The molecule has 0 saturated carbocycles. The van der Waals surface area contributed by atoms with E-state index in [-0.39, 0.29) is 0 Å². The van der Waals surface area contributed by atoms with Gasteiger partial charge in [-0.2, -0.15) is 0 Å². The fraction of sp³-hybridized carbons (Fsp3) is 1.00. The number of aliphatic hydroxyl groups excluding tert-OH is 21. The Morgan fingerprint density at radius 2 is 0.256 bits per heavy atom. The van der Waals surface area contributed by atoms with Crippen LogP contribution in [0.2, 0.25) is 0 Å². The van der Waals surface area contributed by atoms with E-state index < -0.39 is 439 Å². The second-order valence-corrected chi connectivity index (χ2v) is 36.2. The highest BCUT2D eigenvalue weighted by Gasteiger charge is 2.62. The Morgan fingerprint density at radius 1 is 0.158 bits per heavy atom. The Morgan fingerprint density at radius 3 is 0.346 bits per heavy atom. The van der Waals surface area contributed by atoms with Gasteiger partial charge < -0.3 is 240 Å². The monoisotopic (exact) mass is 1950 g/mol. The third kappa shape index (κ3) is 36.1. The van der Waals surface area contributed by atoms with Gasteiger partial charge >= 0.3 is 0 Å². The van der Waals surface area contributed by atoms with Gasteiger partial charge in [0, 0.05) is 0 Å². The first kappa shape index (κ1) is 116. The molecule has 0 amide bonds. The summed E-state index contributed by atoms with van der Waals surface area (Å²) in [4.78, 5) is 0. The molecule has 0 radical (unpaired) electrons. The minimum atomic E-state index is -2.10. The van der Waals surface area contributed by atoms with E-state index in [1.54, 1.807) is 0 Å². The average molecular weight is 1950 g/mol. The zero-order valence-corrected chi connectivity index (χ0v) is 78.0. The predicted octanol–water partition coefficient (Wildman–Crippen LogP) is -9.56. The minimum Gasteiger partial charge on any atom is -0.391 e. The van der Waals surface area contributed by atoms with Crippen molar-refractivity contribution in [3.05, 3.63) is 0 Å². The lowest BCUT2D eigenvalue weighted by Crippen LogP contribution is -2.69. The topological polar surface area (TPSA) is 683 Å². The van der Waals surface area contributed by atoms with E-state index in [1.165, 1.54) is 96.9 Å². The lowest BCUT2D eigenvalue weighted by atomic mass is 9.94. The van der Waals surface area contributed by atoms with E-state index in [0.29, 0.717) is 0 Å². The largest absolute Gasteiger partial charge is 0.391 e. The van der Waals surface area contributed by atoms with Crippen LogP contribution in [0.1, 0.15) is 96.9 Å². The summed E-state index contributed by atoms with van der Waals surface area (Å²) in [6.45, 7) is 7.65. The van der Waals surface area contributed by atoms with Gasteiger partial charge in [-0.15, -0.1) is 0 Å². The summed E-state index contributed by atoms with van der Waals surface area (Å²) in [6, 6.07) is 0. The van der Waals surface area contributed by atoms with E-state index in [0.717, 1.165) is 0 Å². The molecule has 133 heavy (non-hydrogen) atoms. The zero-order chi connectivity index (χ0) is 97.9. The van der Waals surface area contributed by atoms with Crippen LogP contribution >= 0.6 is 0 Å². The fourth-order valence-electron chi connectivity index (χ4n) is 15.7. The number of aliphatic hydroxyl groups is 21. The molecule has 21 rings (SSSR count). The van der Waals surface area contributed by atoms with Crippen LogP contribution in [-0.4, -0.2) is 546 Å². The van der Waals surface area contributed by atoms with Crippen molar-refractivity contribution in [2.45, 2.75) is 397 Å². The van der Waals surface area contributed by atoms with Crippen LogP contribution in [0.4, 0.5) is 0 Å². The lowest BCUT2D eigenvalue weighted by Gasteiger charge is -2.52. The van der Waals surface area contributed by atoms with Crippen molar-refractivity contribution in [3.8, 4) is 0 Å². The smallest absolute Gasteiger partial charge is 0.187 e. The molecule has 49 heteroatoms. The van der Waals surface area contributed by atoms with Gasteiger partial charge in [-0.3, -0.25) is 0 Å². The fourth-order valence-corrected chi connectivity index (χ4v) is 15.7. The molecular weight excluding hydrogens is 1790 g/mol. The third-order valence-electron chi connectivity index (χ3n) is 21.6. The quantitative estimate of drug-likeness (QED) is 0.0269. The molecule has 0 aromatic heterocycles. The average Bonchev–Trinajstić information content (AvgIpc) is 0.777. The molecule has 21 fully saturated rings. The second-order valence-electron chi connectivity index (χ2n) is 36.2. The molecule has 14 bridgehead atoms. The first-order chi connectivity index (χ1) is 62.9. The molecule has 21 N–H and O–H groups in total. The van der Waals surface area contributed by atoms with Gasteiger partial charge in [0.25, 0.3) is 0 Å². The number of hydrogen-bond donors (Lipinski definition) is 21. The van der Waals surface area contributed by atoms with Gasteiger partial charge in [0.1, 0.15) is 171 Å². The van der Waals surface area contributed by atoms with Crippen molar-refractivity contribution in [2.75, 3.05) is 139 Å². The minimum absolute atomic E-state index is 0.399. The summed E-state index contributed by atoms with van der Waals surface area (Å²) in [7, 11) is 0. The summed E-state index contributed by atoms with van der Waals surface area (Å²) in [5, 5.41) is 244. The highest BCUT2D eigenvalue weighted by Crippen LogP contribution is 2.43. The Bertz CT molecular complexity index is 2520. The number of hydrogen-bond acceptors (Lipinski definition) is 49. The normalized spacial score (nSPS) is 40.6. The van der Waals surface area contributed by atoms with Gasteiger partial charge in [0.15, 0.2) is 44.0 Å². The molecule has 0 aromatic carbocycles. The maximum atomic E-state index is 13.2. The molecule has 21 heterocycles. The summed E-state index contributed by atoms with van der Waals surface area (Å²) >= 11 is 0. The van der Waals surface area contributed by atoms with E-state index in [2.05, 4.69) is 0 Å². The number of rotatable bonds is 49. The van der Waals surface area contributed by atoms with Crippen molar-refractivity contribution in [2.24, 2.45) is 0 Å². The molecule has 49 nitrogen and oxygen atoms in total. The van der Waals surface area contributed by atoms with Crippen LogP contribution in [0.15, 0.2) is 0 Å². The van der Waals surface area contributed by atoms with E-state index in [9.17, 15) is 107 Å². The first-order valence-corrected chi connectivity index (χ1v) is 45.7. The Labute approximate surface area is 773 Å². The van der Waals surface area contributed by atoms with Crippen molar-refractivity contribution in [1.29, 1.82) is 0 Å². The van der Waals surface area contributed by atoms with E-state index in [4.69, 9.17) is 133 Å². The maximum Gasteiger partial charge on any atom is 0.187 e. The Balaban J connectivity index is 1.39. The highest BCUT2D eigenvalue weighted by atomic mass is 16.8. The summed E-state index contributed by atoms with van der Waals surface area (Å²) in [6.07, 6.45) is -83.8. The molecule has 21 aliphatic rings. The molecule has 49 unspecified atom stereocenters. The third-order valence-corrected chi connectivity index (χ3v) is 21.6. The second kappa shape index (κ2) is 57.5. The van der Waals surface area contributed by atoms with Crippen molar-refractivity contribution < 1.29 is 240 Å². The van der Waals surface area contributed by atoms with Crippen LogP contribution < -0.4 is 0 Å². The molecule has 0 spiro atoms. The number of ether oxygens (including phenoxy) is 28. The van der Waals surface area contributed by atoms with Crippen molar-refractivity contribution in [1.82, 2.24) is 0 Å². The first-order valence-electron chi connectivity index (χ1n) is 45.7. The summed E-state index contributed by atoms with van der Waals surface area (Å²) in [5.74, 6) is 0. The standard InChI is InChI=1S/C84H154O49/c1-36(85)15-106-29-50-64-57(99)71(113-22-43(8)92)78(120-50)128-65-51(30-107-16-37(2)86)122-80(73(58(65)100)115-24-45(10)94)130-67-53(32-109-18-39(4)88)124-82(75(60(67)102)117-26-47(12)96)132-69-55(34-111-20-41(6)90)126-84(77(62(69)104)119-28-49(14)98)133-70-56(35-112-21-42(7)91)125-83(76(63(70)105)118-27-48(13)97)131-68-54(33-110-19-40(5)89)123-81(74(61(68)103)116-25-46(11)95)129-66-52(31-108-17-38(3)87)121-79(127-64)72(59(66)101)114-23-44(9)93/h36-105H,15-35H2,1-14H3. The van der Waals surface area contributed by atoms with Gasteiger partial charge in [0.2, 0.25) is 0 Å². The van der Waals surface area contributed by atoms with Gasteiger partial charge in [0.05, 0.1) is 224 Å². The van der Waals surface area contributed by atoms with Crippen molar-refractivity contribution in [3.63, 3.8) is 0 Å². The Hall–Kier alpha value is -1.96. The Kier molecular flexibility index (Phi) is 50.3. The van der Waals surface area contributed by atoms with Gasteiger partial charge in [-0.25, -0.2) is 0 Å². The van der Waals surface area contributed by atoms with Crippen LogP contribution in [0.3, 0.4) is 0 Å². The molecule has 0 aliphatic carbocycles. The molecule has 21 aliphatic heterocycles. The predicted molar refractivity (Wildman–Crippen MR) is 444 cm³/mol. The van der Waals surface area contributed by atoms with Crippen LogP contribution in [-0.2, 0) is 133 Å². The molecule has 21 saturated heterocycles. The molecule has 49 atom stereocenters. The van der Waals surface area contributed by atoms with Crippen LogP contribution in [0, 0.1) is 0 Å². The van der Waals surface area contributed by atoms with Gasteiger partial charge in [-0.05, 0) is 96.9 Å². The highest BCUT2D eigenvalue weighted by molar-refractivity contribution is 5.04. The summed E-state index contributed by atoms with van der Waals surface area (Å²) < 4.78 is 181. The lowest BCUT2D eigenvalue weighted by molar-refractivity contribution is -0.404.